The zero-order valence-electron chi connectivity index (χ0n) is 11.2. The van der Waals surface area contributed by atoms with E-state index >= 15 is 0 Å². The smallest absolute Gasteiger partial charge is 0.307 e. The fourth-order valence-corrected chi connectivity index (χ4v) is 2.87. The summed E-state index contributed by atoms with van der Waals surface area (Å²) in [5, 5.41) is 0. The first-order valence-electron chi connectivity index (χ1n) is 6.62. The number of halogens is 1. The maximum Gasteiger partial charge on any atom is 0.307 e. The molecule has 1 saturated heterocycles. The highest BCUT2D eigenvalue weighted by Gasteiger charge is 2.47. The Morgan fingerprint density at radius 2 is 1.75 bits per heavy atom. The van der Waals surface area contributed by atoms with Crippen molar-refractivity contribution < 1.29 is 13.9 Å². The summed E-state index contributed by atoms with van der Waals surface area (Å²) in [7, 11) is 0. The zero-order chi connectivity index (χ0) is 14.2. The first-order valence-corrected chi connectivity index (χ1v) is 6.62. The Morgan fingerprint density at radius 3 is 2.40 bits per heavy atom. The SMILES string of the molecule is C[C@@]1(c2ccccc2)OC(=O)C[C@H]1c1ccc(F)cc1. The van der Waals surface area contributed by atoms with Crippen molar-refractivity contribution in [1.82, 2.24) is 0 Å². The van der Waals surface area contributed by atoms with E-state index in [1.165, 1.54) is 12.1 Å². The molecule has 2 aromatic carbocycles. The molecule has 0 unspecified atom stereocenters. The third kappa shape index (κ3) is 2.09. The maximum atomic E-state index is 13.1. The molecule has 3 heteroatoms. The number of hydrogen-bond donors (Lipinski definition) is 0. The van der Waals surface area contributed by atoms with Crippen LogP contribution in [0.2, 0.25) is 0 Å². The molecule has 1 fully saturated rings. The summed E-state index contributed by atoms with van der Waals surface area (Å²) < 4.78 is 18.7. The minimum Gasteiger partial charge on any atom is -0.454 e. The Hall–Kier alpha value is -2.16. The highest BCUT2D eigenvalue weighted by Crippen LogP contribution is 2.47. The Balaban J connectivity index is 2.04. The predicted molar refractivity (Wildman–Crippen MR) is 73.6 cm³/mol. The summed E-state index contributed by atoms with van der Waals surface area (Å²) in [6, 6.07) is 16.0. The highest BCUT2D eigenvalue weighted by atomic mass is 19.1. The van der Waals surface area contributed by atoms with Crippen molar-refractivity contribution in [3.05, 3.63) is 71.5 Å². The van der Waals surface area contributed by atoms with Gasteiger partial charge in [-0.15, -0.1) is 0 Å². The molecule has 1 heterocycles. The molecule has 0 bridgehead atoms. The van der Waals surface area contributed by atoms with Gasteiger partial charge in [0.2, 0.25) is 0 Å². The fourth-order valence-electron chi connectivity index (χ4n) is 2.87. The molecular formula is C17H15FO2. The van der Waals surface area contributed by atoms with Crippen molar-refractivity contribution in [1.29, 1.82) is 0 Å². The lowest BCUT2D eigenvalue weighted by atomic mass is 9.79. The molecule has 0 amide bonds. The first kappa shape index (κ1) is 12.9. The third-order valence-electron chi connectivity index (χ3n) is 3.98. The molecule has 2 aromatic rings. The van der Waals surface area contributed by atoms with Crippen LogP contribution >= 0.6 is 0 Å². The number of rotatable bonds is 2. The van der Waals surface area contributed by atoms with Crippen LogP contribution in [0.15, 0.2) is 54.6 Å². The second kappa shape index (κ2) is 4.75. The van der Waals surface area contributed by atoms with Gasteiger partial charge >= 0.3 is 5.97 Å². The number of cyclic esters (lactones) is 1. The molecule has 20 heavy (non-hydrogen) atoms. The zero-order valence-corrected chi connectivity index (χ0v) is 11.2. The van der Waals surface area contributed by atoms with E-state index in [-0.39, 0.29) is 17.7 Å². The Bertz CT molecular complexity index is 621. The molecule has 2 nitrogen and oxygen atoms in total. The molecule has 0 aromatic heterocycles. The highest BCUT2D eigenvalue weighted by molar-refractivity contribution is 5.75. The van der Waals surface area contributed by atoms with E-state index in [1.54, 1.807) is 12.1 Å². The van der Waals surface area contributed by atoms with Crippen molar-refractivity contribution in [2.75, 3.05) is 0 Å². The van der Waals surface area contributed by atoms with Gasteiger partial charge in [-0.1, -0.05) is 42.5 Å². The first-order chi connectivity index (χ1) is 9.59. The molecule has 2 atom stereocenters. The van der Waals surface area contributed by atoms with Gasteiger partial charge in [0.25, 0.3) is 0 Å². The summed E-state index contributed by atoms with van der Waals surface area (Å²) in [6.07, 6.45) is 0.316. The van der Waals surface area contributed by atoms with E-state index in [4.69, 9.17) is 4.74 Å². The van der Waals surface area contributed by atoms with Gasteiger partial charge in [-0.25, -0.2) is 4.39 Å². The van der Waals surface area contributed by atoms with Gasteiger partial charge in [0, 0.05) is 5.92 Å². The van der Waals surface area contributed by atoms with Gasteiger partial charge in [0.1, 0.15) is 11.4 Å². The second-order valence-electron chi connectivity index (χ2n) is 5.26. The quantitative estimate of drug-likeness (QED) is 0.776. The van der Waals surface area contributed by atoms with E-state index in [0.717, 1.165) is 11.1 Å². The van der Waals surface area contributed by atoms with Crippen LogP contribution < -0.4 is 0 Å². The number of benzene rings is 2. The van der Waals surface area contributed by atoms with Gasteiger partial charge in [-0.05, 0) is 30.2 Å². The molecule has 0 N–H and O–H groups in total. The van der Waals surface area contributed by atoms with Crippen LogP contribution in [0.5, 0.6) is 0 Å². The van der Waals surface area contributed by atoms with Crippen LogP contribution in [0.4, 0.5) is 4.39 Å². The van der Waals surface area contributed by atoms with Crippen LogP contribution in [-0.2, 0) is 15.1 Å². The van der Waals surface area contributed by atoms with Gasteiger partial charge in [-0.3, -0.25) is 4.79 Å². The molecule has 0 radical (unpaired) electrons. The number of esters is 1. The number of carbonyl (C=O) groups excluding carboxylic acids is 1. The third-order valence-corrected chi connectivity index (χ3v) is 3.98. The molecule has 1 aliphatic heterocycles. The van der Waals surface area contributed by atoms with Crippen LogP contribution in [0.25, 0.3) is 0 Å². The lowest BCUT2D eigenvalue weighted by molar-refractivity contribution is -0.148. The van der Waals surface area contributed by atoms with Gasteiger partial charge < -0.3 is 4.74 Å². The number of hydrogen-bond acceptors (Lipinski definition) is 2. The Labute approximate surface area is 117 Å². The minimum absolute atomic E-state index is 0.0991. The van der Waals surface area contributed by atoms with E-state index in [1.807, 2.05) is 37.3 Å². The molecule has 102 valence electrons. The predicted octanol–water partition coefficient (Wildman–Crippen LogP) is 3.77. The normalized spacial score (nSPS) is 25.5. The van der Waals surface area contributed by atoms with Crippen LogP contribution in [0.1, 0.15) is 30.4 Å². The number of ether oxygens (including phenoxy) is 1. The van der Waals surface area contributed by atoms with Crippen molar-refractivity contribution in [2.24, 2.45) is 0 Å². The van der Waals surface area contributed by atoms with Crippen LogP contribution in [-0.4, -0.2) is 5.97 Å². The summed E-state index contributed by atoms with van der Waals surface area (Å²) in [6.45, 7) is 1.92. The molecule has 3 rings (SSSR count). The summed E-state index contributed by atoms with van der Waals surface area (Å²) in [4.78, 5) is 11.8. The summed E-state index contributed by atoms with van der Waals surface area (Å²) in [5.41, 5.74) is 1.18. The van der Waals surface area contributed by atoms with Crippen molar-refractivity contribution >= 4 is 5.97 Å². The largest absolute Gasteiger partial charge is 0.454 e. The van der Waals surface area contributed by atoms with Crippen molar-refractivity contribution in [3.63, 3.8) is 0 Å². The van der Waals surface area contributed by atoms with Crippen LogP contribution in [0.3, 0.4) is 0 Å². The van der Waals surface area contributed by atoms with Gasteiger partial charge in [0.05, 0.1) is 6.42 Å². The Morgan fingerprint density at radius 1 is 1.10 bits per heavy atom. The topological polar surface area (TPSA) is 26.3 Å². The average Bonchev–Trinajstić information content (AvgIpc) is 2.77. The standard InChI is InChI=1S/C17H15FO2/c1-17(13-5-3-2-4-6-13)15(11-16(19)20-17)12-7-9-14(18)10-8-12/h2-10,15H,11H2,1H3/t15-,17-/m0/s1. The average molecular weight is 270 g/mol. The monoisotopic (exact) mass is 270 g/mol. The van der Waals surface area contributed by atoms with E-state index in [2.05, 4.69) is 0 Å². The minimum atomic E-state index is -0.698. The summed E-state index contributed by atoms with van der Waals surface area (Å²) in [5.74, 6) is -0.593. The molecule has 0 aliphatic carbocycles. The number of carbonyl (C=O) groups is 1. The van der Waals surface area contributed by atoms with Crippen LogP contribution in [0, 0.1) is 5.82 Å². The maximum absolute atomic E-state index is 13.1. The van der Waals surface area contributed by atoms with E-state index in [0.29, 0.717) is 6.42 Å². The van der Waals surface area contributed by atoms with Crippen molar-refractivity contribution in [2.45, 2.75) is 24.9 Å². The van der Waals surface area contributed by atoms with Crippen molar-refractivity contribution in [3.8, 4) is 0 Å². The molecular weight excluding hydrogens is 255 g/mol. The fraction of sp³-hybridized carbons (Fsp3) is 0.235. The molecule has 1 aliphatic rings. The lowest BCUT2D eigenvalue weighted by Gasteiger charge is -2.30. The molecule has 0 spiro atoms. The molecule has 0 saturated carbocycles. The lowest BCUT2D eigenvalue weighted by Crippen LogP contribution is -2.27. The van der Waals surface area contributed by atoms with E-state index in [9.17, 15) is 9.18 Å². The summed E-state index contributed by atoms with van der Waals surface area (Å²) >= 11 is 0. The Kier molecular flexibility index (Phi) is 3.05. The van der Waals surface area contributed by atoms with Gasteiger partial charge in [-0.2, -0.15) is 0 Å². The van der Waals surface area contributed by atoms with E-state index < -0.39 is 5.60 Å². The second-order valence-corrected chi connectivity index (χ2v) is 5.26. The van der Waals surface area contributed by atoms with Gasteiger partial charge in [0.15, 0.2) is 0 Å².